The van der Waals surface area contributed by atoms with Gasteiger partial charge in [-0.1, -0.05) is 37.6 Å². The van der Waals surface area contributed by atoms with E-state index in [0.717, 1.165) is 24.4 Å². The topological polar surface area (TPSA) is 12.0 Å². The van der Waals surface area contributed by atoms with Crippen molar-refractivity contribution < 1.29 is 0 Å². The van der Waals surface area contributed by atoms with Crippen molar-refractivity contribution >= 4 is 11.6 Å². The standard InChI is InChI=1S/C13H20ClN/c1-4-13(5-2,10-15-3)11-6-8-12(14)9-7-11/h6-9,15H,4-5,10H2,1-3H3. The summed E-state index contributed by atoms with van der Waals surface area (Å²) in [6.45, 7) is 5.51. The van der Waals surface area contributed by atoms with Crippen LogP contribution in [0.4, 0.5) is 0 Å². The molecule has 0 aliphatic rings. The van der Waals surface area contributed by atoms with E-state index >= 15 is 0 Å². The fraction of sp³-hybridized carbons (Fsp3) is 0.538. The van der Waals surface area contributed by atoms with E-state index in [9.17, 15) is 0 Å². The summed E-state index contributed by atoms with van der Waals surface area (Å²) in [5, 5.41) is 4.10. The van der Waals surface area contributed by atoms with Crippen LogP contribution in [0.2, 0.25) is 5.02 Å². The molecule has 0 aliphatic heterocycles. The molecule has 1 rings (SSSR count). The van der Waals surface area contributed by atoms with E-state index in [1.165, 1.54) is 5.56 Å². The van der Waals surface area contributed by atoms with Crippen molar-refractivity contribution in [2.75, 3.05) is 13.6 Å². The van der Waals surface area contributed by atoms with Gasteiger partial charge in [0.2, 0.25) is 0 Å². The lowest BCUT2D eigenvalue weighted by Crippen LogP contribution is -2.35. The van der Waals surface area contributed by atoms with E-state index in [4.69, 9.17) is 11.6 Å². The van der Waals surface area contributed by atoms with Gasteiger partial charge in [-0.2, -0.15) is 0 Å². The van der Waals surface area contributed by atoms with Crippen LogP contribution in [-0.4, -0.2) is 13.6 Å². The van der Waals surface area contributed by atoms with Gasteiger partial charge >= 0.3 is 0 Å². The third-order valence-corrected chi connectivity index (χ3v) is 3.58. The summed E-state index contributed by atoms with van der Waals surface area (Å²) >= 11 is 5.91. The van der Waals surface area contributed by atoms with Gasteiger partial charge in [0.05, 0.1) is 0 Å². The molecule has 0 radical (unpaired) electrons. The molecule has 1 nitrogen and oxygen atoms in total. The summed E-state index contributed by atoms with van der Waals surface area (Å²) in [4.78, 5) is 0. The molecule has 0 fully saturated rings. The molecule has 0 spiro atoms. The molecular weight excluding hydrogens is 206 g/mol. The second-order valence-corrected chi connectivity index (χ2v) is 4.46. The Morgan fingerprint density at radius 2 is 1.67 bits per heavy atom. The van der Waals surface area contributed by atoms with Crippen molar-refractivity contribution in [1.82, 2.24) is 5.32 Å². The van der Waals surface area contributed by atoms with Crippen LogP contribution in [0, 0.1) is 0 Å². The highest BCUT2D eigenvalue weighted by atomic mass is 35.5. The summed E-state index contributed by atoms with van der Waals surface area (Å²) < 4.78 is 0. The maximum absolute atomic E-state index is 5.91. The van der Waals surface area contributed by atoms with Gasteiger partial charge < -0.3 is 5.32 Å². The van der Waals surface area contributed by atoms with Crippen LogP contribution in [-0.2, 0) is 5.41 Å². The Morgan fingerprint density at radius 1 is 1.13 bits per heavy atom. The van der Waals surface area contributed by atoms with Crippen LogP contribution in [0.1, 0.15) is 32.3 Å². The minimum absolute atomic E-state index is 0.249. The van der Waals surface area contributed by atoms with Gasteiger partial charge in [0.25, 0.3) is 0 Å². The molecule has 0 bridgehead atoms. The van der Waals surface area contributed by atoms with E-state index in [1.54, 1.807) is 0 Å². The van der Waals surface area contributed by atoms with Crippen molar-refractivity contribution in [3.63, 3.8) is 0 Å². The minimum atomic E-state index is 0.249. The first kappa shape index (κ1) is 12.5. The molecule has 0 aliphatic carbocycles. The largest absolute Gasteiger partial charge is 0.319 e. The molecule has 0 saturated carbocycles. The molecule has 0 heterocycles. The van der Waals surface area contributed by atoms with Crippen molar-refractivity contribution in [2.24, 2.45) is 0 Å². The normalized spacial score (nSPS) is 11.7. The van der Waals surface area contributed by atoms with Crippen molar-refractivity contribution in [3.05, 3.63) is 34.9 Å². The molecule has 15 heavy (non-hydrogen) atoms. The van der Waals surface area contributed by atoms with Crippen LogP contribution >= 0.6 is 11.6 Å². The smallest absolute Gasteiger partial charge is 0.0406 e. The minimum Gasteiger partial charge on any atom is -0.319 e. The fourth-order valence-electron chi connectivity index (χ4n) is 2.15. The predicted molar refractivity (Wildman–Crippen MR) is 67.6 cm³/mol. The predicted octanol–water partition coefficient (Wildman–Crippen LogP) is 3.62. The molecule has 0 unspecified atom stereocenters. The molecule has 1 N–H and O–H groups in total. The number of rotatable bonds is 5. The van der Waals surface area contributed by atoms with Crippen LogP contribution < -0.4 is 5.32 Å². The van der Waals surface area contributed by atoms with Gasteiger partial charge in [-0.15, -0.1) is 0 Å². The lowest BCUT2D eigenvalue weighted by Gasteiger charge is -2.32. The van der Waals surface area contributed by atoms with Crippen molar-refractivity contribution in [2.45, 2.75) is 32.1 Å². The zero-order valence-electron chi connectivity index (χ0n) is 9.81. The van der Waals surface area contributed by atoms with E-state index < -0.39 is 0 Å². The zero-order valence-corrected chi connectivity index (χ0v) is 10.6. The molecule has 0 atom stereocenters. The molecule has 0 aromatic heterocycles. The Balaban J connectivity index is 3.02. The summed E-state index contributed by atoms with van der Waals surface area (Å²) in [5.41, 5.74) is 1.63. The molecule has 0 amide bonds. The highest BCUT2D eigenvalue weighted by Crippen LogP contribution is 2.31. The van der Waals surface area contributed by atoms with Crippen molar-refractivity contribution in [3.8, 4) is 0 Å². The van der Waals surface area contributed by atoms with E-state index in [2.05, 4.69) is 31.3 Å². The SMILES string of the molecule is CCC(CC)(CNC)c1ccc(Cl)cc1. The lowest BCUT2D eigenvalue weighted by molar-refractivity contribution is 0.380. The molecule has 0 saturated heterocycles. The van der Waals surface area contributed by atoms with Crippen LogP contribution in [0.3, 0.4) is 0 Å². The summed E-state index contributed by atoms with van der Waals surface area (Å²) in [6.07, 6.45) is 2.29. The van der Waals surface area contributed by atoms with Crippen molar-refractivity contribution in [1.29, 1.82) is 0 Å². The van der Waals surface area contributed by atoms with Gasteiger partial charge in [-0.25, -0.2) is 0 Å². The van der Waals surface area contributed by atoms with E-state index in [-0.39, 0.29) is 5.41 Å². The van der Waals surface area contributed by atoms with Gasteiger partial charge in [-0.3, -0.25) is 0 Å². The number of nitrogens with one attached hydrogen (secondary N) is 1. The Morgan fingerprint density at radius 3 is 2.07 bits per heavy atom. The number of benzene rings is 1. The first-order valence-electron chi connectivity index (χ1n) is 5.59. The molecule has 84 valence electrons. The monoisotopic (exact) mass is 225 g/mol. The van der Waals surface area contributed by atoms with E-state index in [0.29, 0.717) is 0 Å². The average molecular weight is 226 g/mol. The maximum atomic E-state index is 5.91. The van der Waals surface area contributed by atoms with Gasteiger partial charge in [-0.05, 0) is 37.6 Å². The first-order chi connectivity index (χ1) is 7.18. The lowest BCUT2D eigenvalue weighted by atomic mass is 9.76. The molecular formula is C13H20ClN. The number of halogens is 1. The summed E-state index contributed by atoms with van der Waals surface area (Å²) in [5.74, 6) is 0. The van der Waals surface area contributed by atoms with E-state index in [1.807, 2.05) is 19.2 Å². The number of hydrogen-bond donors (Lipinski definition) is 1. The van der Waals surface area contributed by atoms with Crippen LogP contribution in [0.5, 0.6) is 0 Å². The molecule has 1 aromatic rings. The van der Waals surface area contributed by atoms with Crippen LogP contribution in [0.25, 0.3) is 0 Å². The third-order valence-electron chi connectivity index (χ3n) is 3.33. The summed E-state index contributed by atoms with van der Waals surface area (Å²) in [6, 6.07) is 8.25. The fourth-order valence-corrected chi connectivity index (χ4v) is 2.28. The average Bonchev–Trinajstić information content (AvgIpc) is 2.27. The van der Waals surface area contributed by atoms with Gasteiger partial charge in [0.15, 0.2) is 0 Å². The highest BCUT2D eigenvalue weighted by molar-refractivity contribution is 6.30. The van der Waals surface area contributed by atoms with Crippen LogP contribution in [0.15, 0.2) is 24.3 Å². The maximum Gasteiger partial charge on any atom is 0.0406 e. The number of likely N-dealkylation sites (N-methyl/N-ethyl adjacent to an activating group) is 1. The summed E-state index contributed by atoms with van der Waals surface area (Å²) in [7, 11) is 2.01. The Kier molecular flexibility index (Phi) is 4.62. The zero-order chi connectivity index (χ0) is 11.3. The molecule has 2 heteroatoms. The second kappa shape index (κ2) is 5.53. The third kappa shape index (κ3) is 2.73. The Bertz CT molecular complexity index is 288. The first-order valence-corrected chi connectivity index (χ1v) is 5.97. The highest BCUT2D eigenvalue weighted by Gasteiger charge is 2.27. The van der Waals surface area contributed by atoms with Gasteiger partial charge in [0.1, 0.15) is 0 Å². The molecule has 1 aromatic carbocycles. The Labute approximate surface area is 97.8 Å². The second-order valence-electron chi connectivity index (χ2n) is 4.02. The quantitative estimate of drug-likeness (QED) is 0.807. The van der Waals surface area contributed by atoms with Gasteiger partial charge in [0, 0.05) is 17.0 Å². The Hall–Kier alpha value is -0.530. The number of hydrogen-bond acceptors (Lipinski definition) is 1.